The molecule has 0 fully saturated rings. The SMILES string of the molecule is CCOc1nc(NCc2ccco2)nc(NCc2ccco2)n1. The van der Waals surface area contributed by atoms with E-state index in [2.05, 4.69) is 25.6 Å². The van der Waals surface area contributed by atoms with Crippen molar-refractivity contribution in [1.29, 1.82) is 0 Å². The van der Waals surface area contributed by atoms with Gasteiger partial charge < -0.3 is 24.2 Å². The molecule has 0 bridgehead atoms. The van der Waals surface area contributed by atoms with Crippen molar-refractivity contribution >= 4 is 11.9 Å². The summed E-state index contributed by atoms with van der Waals surface area (Å²) in [5, 5.41) is 6.16. The Hall–Kier alpha value is -3.03. The summed E-state index contributed by atoms with van der Waals surface area (Å²) in [6.07, 6.45) is 3.23. The molecule has 0 unspecified atom stereocenters. The normalized spacial score (nSPS) is 10.5. The predicted molar refractivity (Wildman–Crippen MR) is 83.1 cm³/mol. The molecule has 0 atom stereocenters. The van der Waals surface area contributed by atoms with Crippen LogP contribution in [0.2, 0.25) is 0 Å². The zero-order valence-corrected chi connectivity index (χ0v) is 12.7. The first kappa shape index (κ1) is 14.9. The maximum atomic E-state index is 5.37. The van der Waals surface area contributed by atoms with E-state index in [0.29, 0.717) is 31.6 Å². The molecule has 8 heteroatoms. The average Bonchev–Trinajstić information content (AvgIpc) is 3.25. The molecule has 3 rings (SSSR count). The smallest absolute Gasteiger partial charge is 0.323 e. The number of hydrogen-bond acceptors (Lipinski definition) is 8. The van der Waals surface area contributed by atoms with Crippen molar-refractivity contribution in [1.82, 2.24) is 15.0 Å². The molecule has 8 nitrogen and oxygen atoms in total. The lowest BCUT2D eigenvalue weighted by Gasteiger charge is -2.09. The van der Waals surface area contributed by atoms with Crippen molar-refractivity contribution in [2.75, 3.05) is 17.2 Å². The van der Waals surface area contributed by atoms with E-state index in [1.165, 1.54) is 0 Å². The molecule has 23 heavy (non-hydrogen) atoms. The molecule has 120 valence electrons. The standard InChI is InChI=1S/C15H17N5O3/c1-2-21-15-19-13(16-9-11-5-3-7-22-11)18-14(20-15)17-10-12-6-4-8-23-12/h3-8H,2,9-10H2,1H3,(H2,16,17,18,19,20). The van der Waals surface area contributed by atoms with Gasteiger partial charge in [0.2, 0.25) is 11.9 Å². The minimum absolute atomic E-state index is 0.256. The molecule has 0 saturated heterocycles. The van der Waals surface area contributed by atoms with Crippen LogP contribution in [0.3, 0.4) is 0 Å². The van der Waals surface area contributed by atoms with E-state index < -0.39 is 0 Å². The largest absolute Gasteiger partial charge is 0.467 e. The van der Waals surface area contributed by atoms with Crippen molar-refractivity contribution < 1.29 is 13.6 Å². The summed E-state index contributed by atoms with van der Waals surface area (Å²) in [7, 11) is 0. The van der Waals surface area contributed by atoms with Crippen LogP contribution < -0.4 is 15.4 Å². The first-order valence-electron chi connectivity index (χ1n) is 7.25. The third kappa shape index (κ3) is 4.22. The third-order valence-corrected chi connectivity index (χ3v) is 2.89. The molecule has 0 aliphatic rings. The number of rotatable bonds is 8. The number of furan rings is 2. The van der Waals surface area contributed by atoms with Gasteiger partial charge in [0.15, 0.2) is 0 Å². The van der Waals surface area contributed by atoms with Gasteiger partial charge in [0.25, 0.3) is 0 Å². The Labute approximate surface area is 132 Å². The molecule has 0 amide bonds. The molecule has 0 spiro atoms. The summed E-state index contributed by atoms with van der Waals surface area (Å²) >= 11 is 0. The highest BCUT2D eigenvalue weighted by molar-refractivity contribution is 5.36. The summed E-state index contributed by atoms with van der Waals surface area (Å²) in [6.45, 7) is 3.29. The lowest BCUT2D eigenvalue weighted by molar-refractivity contribution is 0.312. The highest BCUT2D eigenvalue weighted by Crippen LogP contribution is 2.13. The fraction of sp³-hybridized carbons (Fsp3) is 0.267. The minimum atomic E-state index is 0.256. The van der Waals surface area contributed by atoms with Gasteiger partial charge in [0, 0.05) is 0 Å². The highest BCUT2D eigenvalue weighted by atomic mass is 16.5. The lowest BCUT2D eigenvalue weighted by atomic mass is 10.4. The van der Waals surface area contributed by atoms with E-state index in [9.17, 15) is 0 Å². The third-order valence-electron chi connectivity index (χ3n) is 2.89. The second-order valence-corrected chi connectivity index (χ2v) is 4.56. The maximum Gasteiger partial charge on any atom is 0.323 e. The van der Waals surface area contributed by atoms with Crippen LogP contribution in [0.15, 0.2) is 45.6 Å². The van der Waals surface area contributed by atoms with Crippen molar-refractivity contribution in [2.24, 2.45) is 0 Å². The Morgan fingerprint density at radius 3 is 1.91 bits per heavy atom. The van der Waals surface area contributed by atoms with Gasteiger partial charge in [-0.1, -0.05) is 0 Å². The summed E-state index contributed by atoms with van der Waals surface area (Å²) in [6, 6.07) is 7.65. The number of ether oxygens (including phenoxy) is 1. The zero-order valence-electron chi connectivity index (χ0n) is 12.7. The Morgan fingerprint density at radius 1 is 0.913 bits per heavy atom. The van der Waals surface area contributed by atoms with E-state index in [4.69, 9.17) is 13.6 Å². The van der Waals surface area contributed by atoms with Gasteiger partial charge in [-0.15, -0.1) is 0 Å². The quantitative estimate of drug-likeness (QED) is 0.654. The Balaban J connectivity index is 1.69. The van der Waals surface area contributed by atoms with Crippen LogP contribution in [-0.4, -0.2) is 21.6 Å². The molecule has 0 radical (unpaired) electrons. The molecule has 0 aliphatic heterocycles. The van der Waals surface area contributed by atoms with Gasteiger partial charge in [0.05, 0.1) is 32.2 Å². The summed E-state index contributed by atoms with van der Waals surface area (Å²) in [5.41, 5.74) is 0. The molecule has 0 saturated carbocycles. The number of nitrogens with zero attached hydrogens (tertiary/aromatic N) is 3. The van der Waals surface area contributed by atoms with E-state index in [1.54, 1.807) is 12.5 Å². The maximum absolute atomic E-state index is 5.37. The van der Waals surface area contributed by atoms with Gasteiger partial charge in [-0.05, 0) is 31.2 Å². The molecule has 3 heterocycles. The molecule has 0 aliphatic carbocycles. The van der Waals surface area contributed by atoms with Crippen LogP contribution in [0.4, 0.5) is 11.9 Å². The fourth-order valence-corrected chi connectivity index (χ4v) is 1.87. The predicted octanol–water partition coefficient (Wildman–Crippen LogP) is 2.68. The first-order valence-corrected chi connectivity index (χ1v) is 7.25. The number of aromatic nitrogens is 3. The summed E-state index contributed by atoms with van der Waals surface area (Å²) in [4.78, 5) is 12.7. The summed E-state index contributed by atoms with van der Waals surface area (Å²) in [5.74, 6) is 2.38. The van der Waals surface area contributed by atoms with Crippen molar-refractivity contribution in [3.63, 3.8) is 0 Å². The van der Waals surface area contributed by atoms with Crippen molar-refractivity contribution in [3.8, 4) is 6.01 Å². The van der Waals surface area contributed by atoms with Crippen molar-refractivity contribution in [2.45, 2.75) is 20.0 Å². The van der Waals surface area contributed by atoms with Gasteiger partial charge in [-0.2, -0.15) is 15.0 Å². The number of nitrogens with one attached hydrogen (secondary N) is 2. The molecule has 2 N–H and O–H groups in total. The molecule has 3 aromatic rings. The zero-order chi connectivity index (χ0) is 15.9. The van der Waals surface area contributed by atoms with E-state index >= 15 is 0 Å². The number of anilines is 2. The van der Waals surface area contributed by atoms with Gasteiger partial charge in [-0.25, -0.2) is 0 Å². The van der Waals surface area contributed by atoms with Gasteiger partial charge in [0.1, 0.15) is 11.5 Å². The van der Waals surface area contributed by atoms with Gasteiger partial charge >= 0.3 is 6.01 Å². The monoisotopic (exact) mass is 315 g/mol. The Bertz CT molecular complexity index is 656. The van der Waals surface area contributed by atoms with Crippen LogP contribution in [0.5, 0.6) is 6.01 Å². The highest BCUT2D eigenvalue weighted by Gasteiger charge is 2.08. The van der Waals surface area contributed by atoms with Crippen LogP contribution in [0, 0.1) is 0 Å². The van der Waals surface area contributed by atoms with E-state index in [1.807, 2.05) is 31.2 Å². The summed E-state index contributed by atoms with van der Waals surface area (Å²) < 4.78 is 15.9. The second kappa shape index (κ2) is 7.30. The van der Waals surface area contributed by atoms with Crippen LogP contribution in [-0.2, 0) is 13.1 Å². The second-order valence-electron chi connectivity index (χ2n) is 4.56. The van der Waals surface area contributed by atoms with Gasteiger partial charge in [-0.3, -0.25) is 0 Å². The van der Waals surface area contributed by atoms with E-state index in [-0.39, 0.29) is 6.01 Å². The minimum Gasteiger partial charge on any atom is -0.467 e. The number of hydrogen-bond donors (Lipinski definition) is 2. The van der Waals surface area contributed by atoms with Crippen LogP contribution in [0.25, 0.3) is 0 Å². The van der Waals surface area contributed by atoms with E-state index in [0.717, 1.165) is 11.5 Å². The fourth-order valence-electron chi connectivity index (χ4n) is 1.87. The van der Waals surface area contributed by atoms with Crippen LogP contribution in [0.1, 0.15) is 18.4 Å². The first-order chi connectivity index (χ1) is 11.3. The van der Waals surface area contributed by atoms with Crippen molar-refractivity contribution in [3.05, 3.63) is 48.3 Å². The lowest BCUT2D eigenvalue weighted by Crippen LogP contribution is -2.10. The molecule has 0 aromatic carbocycles. The Morgan fingerprint density at radius 2 is 1.48 bits per heavy atom. The molecular weight excluding hydrogens is 298 g/mol. The average molecular weight is 315 g/mol. The van der Waals surface area contributed by atoms with Crippen LogP contribution >= 0.6 is 0 Å². The Kier molecular flexibility index (Phi) is 4.72. The molecular formula is C15H17N5O3. The molecule has 3 aromatic heterocycles. The topological polar surface area (TPSA) is 98.2 Å².